The number of hydrogen-bond donors (Lipinski definition) is 3. The summed E-state index contributed by atoms with van der Waals surface area (Å²) in [6.07, 6.45) is -0.987. The molecule has 1 aliphatic rings. The predicted molar refractivity (Wildman–Crippen MR) is 120 cm³/mol. The van der Waals surface area contributed by atoms with Crippen molar-refractivity contribution in [2.75, 3.05) is 0 Å². The van der Waals surface area contributed by atoms with Gasteiger partial charge >= 0.3 is 12.1 Å². The van der Waals surface area contributed by atoms with Crippen LogP contribution in [0.4, 0.5) is 13.2 Å². The number of para-hydroxylation sites is 2. The second kappa shape index (κ2) is 9.75. The van der Waals surface area contributed by atoms with E-state index in [1.54, 1.807) is 0 Å². The zero-order valence-electron chi connectivity index (χ0n) is 17.7. The highest BCUT2D eigenvalue weighted by atomic mass is 32.1. The van der Waals surface area contributed by atoms with Gasteiger partial charge in [-0.2, -0.15) is 13.2 Å². The monoisotopic (exact) mass is 491 g/mol. The number of alkyl halides is 3. The van der Waals surface area contributed by atoms with E-state index in [2.05, 4.69) is 26.0 Å². The van der Waals surface area contributed by atoms with Crippen LogP contribution in [0, 0.1) is 0 Å². The fourth-order valence-electron chi connectivity index (χ4n) is 3.93. The summed E-state index contributed by atoms with van der Waals surface area (Å²) in [5.41, 5.74) is 3.49. The van der Waals surface area contributed by atoms with Crippen LogP contribution in [0.25, 0.3) is 21.3 Å². The molecule has 2 atom stereocenters. The minimum absolute atomic E-state index is 0.0415. The molecule has 12 heteroatoms. The van der Waals surface area contributed by atoms with Crippen molar-refractivity contribution in [3.05, 3.63) is 53.9 Å². The lowest BCUT2D eigenvalue weighted by Crippen LogP contribution is -2.38. The molecule has 2 aromatic carbocycles. The van der Waals surface area contributed by atoms with Crippen molar-refractivity contribution in [2.45, 2.75) is 43.8 Å². The zero-order valence-corrected chi connectivity index (χ0v) is 18.5. The number of nitrogens with zero attached hydrogens (tertiary/aromatic N) is 3. The Morgan fingerprint density at radius 3 is 2.62 bits per heavy atom. The molecule has 3 N–H and O–H groups in total. The van der Waals surface area contributed by atoms with Gasteiger partial charge in [0, 0.05) is 17.5 Å². The second-order valence-electron chi connectivity index (χ2n) is 7.93. The van der Waals surface area contributed by atoms with Gasteiger partial charge in [0.25, 0.3) is 5.91 Å². The third-order valence-corrected chi connectivity index (χ3v) is 6.26. The van der Waals surface area contributed by atoms with Crippen LogP contribution in [0.15, 0.2) is 42.5 Å². The molecule has 34 heavy (non-hydrogen) atoms. The van der Waals surface area contributed by atoms with Crippen molar-refractivity contribution in [1.82, 2.24) is 24.9 Å². The Labute approximate surface area is 195 Å². The number of fused-ring (bicyclic) bond motifs is 2. The second-order valence-corrected chi connectivity index (χ2v) is 8.72. The van der Waals surface area contributed by atoms with Crippen LogP contribution in [-0.2, 0) is 4.79 Å². The van der Waals surface area contributed by atoms with E-state index in [9.17, 15) is 18.0 Å². The van der Waals surface area contributed by atoms with Gasteiger partial charge in [0.1, 0.15) is 11.3 Å². The molecule has 0 saturated heterocycles. The summed E-state index contributed by atoms with van der Waals surface area (Å²) < 4.78 is 36.7. The fraction of sp³-hybridized carbons (Fsp3) is 0.318. The van der Waals surface area contributed by atoms with Crippen LogP contribution >= 0.6 is 11.5 Å². The van der Waals surface area contributed by atoms with E-state index in [-0.39, 0.29) is 11.9 Å². The molecule has 1 saturated carbocycles. The quantitative estimate of drug-likeness (QED) is 0.383. The number of hydrogen-bond acceptors (Lipinski definition) is 6. The number of carboxylic acid groups (broad SMARTS) is 1. The first-order valence-electron chi connectivity index (χ1n) is 10.5. The van der Waals surface area contributed by atoms with Crippen molar-refractivity contribution in [3.63, 3.8) is 0 Å². The maximum atomic E-state index is 12.7. The summed E-state index contributed by atoms with van der Waals surface area (Å²) in [4.78, 5) is 29.8. The Balaban J connectivity index is 0.000000344. The molecule has 4 aromatic rings. The number of aliphatic carboxylic acids is 1. The van der Waals surface area contributed by atoms with Crippen LogP contribution in [0.3, 0.4) is 0 Å². The summed E-state index contributed by atoms with van der Waals surface area (Å²) in [5, 5.41) is 14.4. The van der Waals surface area contributed by atoms with Crippen molar-refractivity contribution in [3.8, 4) is 0 Å². The van der Waals surface area contributed by atoms with E-state index >= 15 is 0 Å². The number of nitrogens with one attached hydrogen (secondary N) is 2. The number of benzene rings is 2. The van der Waals surface area contributed by atoms with Crippen molar-refractivity contribution < 1.29 is 27.9 Å². The van der Waals surface area contributed by atoms with Crippen LogP contribution in [0.1, 0.15) is 47.8 Å². The predicted octanol–water partition coefficient (Wildman–Crippen LogP) is 4.66. The van der Waals surface area contributed by atoms with Gasteiger partial charge in [-0.25, -0.2) is 9.78 Å². The summed E-state index contributed by atoms with van der Waals surface area (Å²) in [6, 6.07) is 13.8. The lowest BCUT2D eigenvalue weighted by Gasteiger charge is -2.28. The Hall–Kier alpha value is -3.54. The molecule has 5 rings (SSSR count). The number of halogens is 3. The highest BCUT2D eigenvalue weighted by Crippen LogP contribution is 2.32. The maximum absolute atomic E-state index is 12.7. The average Bonchev–Trinajstić information content (AvgIpc) is 3.45. The molecule has 1 amide bonds. The molecule has 1 fully saturated rings. The maximum Gasteiger partial charge on any atom is 0.490 e. The van der Waals surface area contributed by atoms with Crippen LogP contribution < -0.4 is 5.32 Å². The molecule has 0 aliphatic heterocycles. The van der Waals surface area contributed by atoms with Gasteiger partial charge in [0.2, 0.25) is 0 Å². The van der Waals surface area contributed by atoms with E-state index in [0.717, 1.165) is 52.8 Å². The van der Waals surface area contributed by atoms with Gasteiger partial charge in [0.15, 0.2) is 0 Å². The molecule has 0 bridgehead atoms. The molecule has 1 aliphatic carbocycles. The molecule has 2 heterocycles. The third-order valence-electron chi connectivity index (χ3n) is 5.56. The Morgan fingerprint density at radius 2 is 1.88 bits per heavy atom. The Morgan fingerprint density at radius 1 is 1.12 bits per heavy atom. The lowest BCUT2D eigenvalue weighted by molar-refractivity contribution is -0.192. The van der Waals surface area contributed by atoms with E-state index in [1.807, 2.05) is 36.4 Å². The van der Waals surface area contributed by atoms with Crippen molar-refractivity contribution >= 4 is 44.7 Å². The van der Waals surface area contributed by atoms with Crippen molar-refractivity contribution in [2.24, 2.45) is 0 Å². The number of rotatable bonds is 3. The number of amides is 1. The largest absolute Gasteiger partial charge is 0.490 e. The highest BCUT2D eigenvalue weighted by molar-refractivity contribution is 7.12. The van der Waals surface area contributed by atoms with Crippen LogP contribution in [0.2, 0.25) is 0 Å². The Bertz CT molecular complexity index is 1290. The number of carboxylic acids is 1. The number of H-pyrrole nitrogens is 1. The van der Waals surface area contributed by atoms with Crippen molar-refractivity contribution in [1.29, 1.82) is 0 Å². The fourth-order valence-corrected chi connectivity index (χ4v) is 4.47. The summed E-state index contributed by atoms with van der Waals surface area (Å²) in [7, 11) is 0. The molecule has 0 radical (unpaired) electrons. The Kier molecular flexibility index (Phi) is 6.77. The summed E-state index contributed by atoms with van der Waals surface area (Å²) in [5.74, 6) is -1.42. The molecular weight excluding hydrogens is 471 g/mol. The van der Waals surface area contributed by atoms with E-state index in [1.165, 1.54) is 11.5 Å². The first-order chi connectivity index (χ1) is 16.2. The van der Waals surface area contributed by atoms with Gasteiger partial charge < -0.3 is 15.4 Å². The SMILES string of the molecule is O=C(NC1CCCC(c2nc3ccccc3[nH]2)C1)c1ccc2snnc2c1.O=C(O)C(F)(F)F. The smallest absolute Gasteiger partial charge is 0.475 e. The minimum atomic E-state index is -5.08. The standard InChI is InChI=1S/C20H19N5OS.C2HF3O2/c26-20(13-8-9-18-17(11-13)24-25-27-18)21-14-5-3-4-12(10-14)19-22-15-6-1-2-7-16(15)23-19;3-2(4,5)1(6)7/h1-2,6-9,11-12,14H,3-5,10H2,(H,21,26)(H,22,23);(H,6,7). The van der Waals surface area contributed by atoms with E-state index < -0.39 is 12.1 Å². The third kappa shape index (κ3) is 5.50. The molecule has 2 unspecified atom stereocenters. The number of aromatic nitrogens is 4. The molecule has 178 valence electrons. The average molecular weight is 491 g/mol. The lowest BCUT2D eigenvalue weighted by atomic mass is 9.85. The normalized spacial score (nSPS) is 18.3. The number of carbonyl (C=O) groups excluding carboxylic acids is 1. The van der Waals surface area contributed by atoms with E-state index in [4.69, 9.17) is 14.9 Å². The van der Waals surface area contributed by atoms with Gasteiger partial charge in [-0.15, -0.1) is 5.10 Å². The molecule has 8 nitrogen and oxygen atoms in total. The van der Waals surface area contributed by atoms with Crippen LogP contribution in [-0.4, -0.2) is 48.8 Å². The summed E-state index contributed by atoms with van der Waals surface area (Å²) >= 11 is 1.34. The first-order valence-corrected chi connectivity index (χ1v) is 11.3. The summed E-state index contributed by atoms with van der Waals surface area (Å²) in [6.45, 7) is 0. The highest BCUT2D eigenvalue weighted by Gasteiger charge is 2.38. The topological polar surface area (TPSA) is 121 Å². The van der Waals surface area contributed by atoms with E-state index in [0.29, 0.717) is 11.5 Å². The van der Waals surface area contributed by atoms with Gasteiger partial charge in [-0.3, -0.25) is 4.79 Å². The zero-order chi connectivity index (χ0) is 24.3. The first kappa shape index (κ1) is 23.6. The number of aromatic amines is 1. The number of imidazole rings is 1. The minimum Gasteiger partial charge on any atom is -0.475 e. The number of carbonyl (C=O) groups is 2. The molecule has 2 aromatic heterocycles. The molecular formula is C22H20F3N5O3S. The van der Waals surface area contributed by atoms with Crippen LogP contribution in [0.5, 0.6) is 0 Å². The van der Waals surface area contributed by atoms with Gasteiger partial charge in [0.05, 0.1) is 15.7 Å². The van der Waals surface area contributed by atoms with Gasteiger partial charge in [-0.1, -0.05) is 23.0 Å². The molecule has 0 spiro atoms. The van der Waals surface area contributed by atoms with Gasteiger partial charge in [-0.05, 0) is 61.1 Å².